The van der Waals surface area contributed by atoms with Crippen LogP contribution in [-0.2, 0) is 14.8 Å². The molecule has 0 radical (unpaired) electrons. The second-order valence-corrected chi connectivity index (χ2v) is 8.98. The molecule has 1 aliphatic rings. The predicted molar refractivity (Wildman–Crippen MR) is 92.0 cm³/mol. The van der Waals surface area contributed by atoms with Gasteiger partial charge in [-0.1, -0.05) is 19.4 Å². The van der Waals surface area contributed by atoms with Gasteiger partial charge in [0.2, 0.25) is 5.91 Å². The van der Waals surface area contributed by atoms with Gasteiger partial charge in [0.05, 0.1) is 6.54 Å². The molecule has 8 heteroatoms. The fourth-order valence-electron chi connectivity index (χ4n) is 2.69. The van der Waals surface area contributed by atoms with Gasteiger partial charge >= 0.3 is 0 Å². The van der Waals surface area contributed by atoms with E-state index in [0.717, 1.165) is 12.8 Å². The molecule has 1 saturated heterocycles. The molecule has 2 rings (SSSR count). The van der Waals surface area contributed by atoms with Crippen molar-refractivity contribution in [2.45, 2.75) is 36.9 Å². The summed E-state index contributed by atoms with van der Waals surface area (Å²) in [7, 11) is -3.37. The summed E-state index contributed by atoms with van der Waals surface area (Å²) in [6, 6.07) is 3.57. The predicted octanol–water partition coefficient (Wildman–Crippen LogP) is 1.36. The van der Waals surface area contributed by atoms with Crippen molar-refractivity contribution in [3.63, 3.8) is 0 Å². The second-order valence-electron chi connectivity index (χ2n) is 5.87. The number of nitrogens with zero attached hydrogens (tertiary/aromatic N) is 2. The summed E-state index contributed by atoms with van der Waals surface area (Å²) < 4.78 is 26.8. The summed E-state index contributed by atoms with van der Waals surface area (Å²) in [5, 5.41) is 4.75. The standard InChI is InChI=1S/C15H25N3O3S2/c1-3-5-13(2)16-14(19)12-17-7-9-18(10-8-17)23(20,21)15-6-4-11-22-15/h4,6,11,13H,3,5,7-10,12H2,1-2H3,(H,16,19). The Balaban J connectivity index is 1.81. The minimum atomic E-state index is -3.37. The van der Waals surface area contributed by atoms with Crippen LogP contribution in [-0.4, -0.2) is 62.3 Å². The van der Waals surface area contributed by atoms with E-state index in [2.05, 4.69) is 12.2 Å². The molecular formula is C15H25N3O3S2. The van der Waals surface area contributed by atoms with E-state index >= 15 is 0 Å². The zero-order valence-corrected chi connectivity index (χ0v) is 15.3. The molecule has 0 aliphatic carbocycles. The number of sulfonamides is 1. The molecule has 0 spiro atoms. The van der Waals surface area contributed by atoms with Gasteiger partial charge in [-0.25, -0.2) is 8.42 Å². The van der Waals surface area contributed by atoms with E-state index in [4.69, 9.17) is 0 Å². The van der Waals surface area contributed by atoms with Crippen molar-refractivity contribution >= 4 is 27.3 Å². The zero-order valence-electron chi connectivity index (χ0n) is 13.7. The fourth-order valence-corrected chi connectivity index (χ4v) is 5.26. The van der Waals surface area contributed by atoms with Crippen LogP contribution < -0.4 is 5.32 Å². The summed E-state index contributed by atoms with van der Waals surface area (Å²) >= 11 is 1.24. The van der Waals surface area contributed by atoms with Crippen LogP contribution in [0, 0.1) is 0 Å². The number of hydrogen-bond acceptors (Lipinski definition) is 5. The van der Waals surface area contributed by atoms with E-state index in [1.54, 1.807) is 17.5 Å². The lowest BCUT2D eigenvalue weighted by molar-refractivity contribution is -0.123. The summed E-state index contributed by atoms with van der Waals surface area (Å²) in [6.07, 6.45) is 2.01. The van der Waals surface area contributed by atoms with E-state index in [-0.39, 0.29) is 11.9 Å². The number of nitrogens with one attached hydrogen (secondary N) is 1. The Bertz CT molecular complexity index is 593. The second kappa shape index (κ2) is 8.23. The molecular weight excluding hydrogens is 334 g/mol. The van der Waals surface area contributed by atoms with Gasteiger partial charge in [0.1, 0.15) is 4.21 Å². The molecule has 0 saturated carbocycles. The zero-order chi connectivity index (χ0) is 16.9. The minimum Gasteiger partial charge on any atom is -0.353 e. The maximum absolute atomic E-state index is 12.4. The normalized spacial score (nSPS) is 18.7. The Morgan fingerprint density at radius 3 is 2.61 bits per heavy atom. The summed E-state index contributed by atoms with van der Waals surface area (Å²) in [5.74, 6) is 0.0144. The van der Waals surface area contributed by atoms with Crippen molar-refractivity contribution in [1.29, 1.82) is 0 Å². The number of carbonyl (C=O) groups excluding carboxylic acids is 1. The van der Waals surface area contributed by atoms with Crippen LogP contribution in [0.15, 0.2) is 21.7 Å². The van der Waals surface area contributed by atoms with Gasteiger partial charge in [0.15, 0.2) is 0 Å². The largest absolute Gasteiger partial charge is 0.353 e. The van der Waals surface area contributed by atoms with E-state index in [9.17, 15) is 13.2 Å². The Morgan fingerprint density at radius 1 is 1.35 bits per heavy atom. The van der Waals surface area contributed by atoms with Crippen LogP contribution in [0.2, 0.25) is 0 Å². The van der Waals surface area contributed by atoms with Gasteiger partial charge in [-0.15, -0.1) is 11.3 Å². The molecule has 2 heterocycles. The first-order valence-electron chi connectivity index (χ1n) is 7.99. The highest BCUT2D eigenvalue weighted by atomic mass is 32.2. The molecule has 1 amide bonds. The summed E-state index contributed by atoms with van der Waals surface area (Å²) in [5.41, 5.74) is 0. The van der Waals surface area contributed by atoms with E-state index in [0.29, 0.717) is 36.9 Å². The molecule has 130 valence electrons. The lowest BCUT2D eigenvalue weighted by Gasteiger charge is -2.33. The number of carbonyl (C=O) groups is 1. The van der Waals surface area contributed by atoms with Crippen molar-refractivity contribution in [1.82, 2.24) is 14.5 Å². The van der Waals surface area contributed by atoms with E-state index in [1.807, 2.05) is 11.8 Å². The van der Waals surface area contributed by atoms with Crippen molar-refractivity contribution in [2.24, 2.45) is 0 Å². The van der Waals surface area contributed by atoms with Crippen LogP contribution in [0.1, 0.15) is 26.7 Å². The molecule has 1 unspecified atom stereocenters. The van der Waals surface area contributed by atoms with Crippen LogP contribution in [0.5, 0.6) is 0 Å². The molecule has 1 N–H and O–H groups in total. The molecule has 1 aromatic heterocycles. The Morgan fingerprint density at radius 2 is 2.04 bits per heavy atom. The third-order valence-electron chi connectivity index (χ3n) is 3.92. The van der Waals surface area contributed by atoms with Gasteiger partial charge in [-0.3, -0.25) is 9.69 Å². The van der Waals surface area contributed by atoms with Crippen molar-refractivity contribution < 1.29 is 13.2 Å². The van der Waals surface area contributed by atoms with Crippen LogP contribution in [0.4, 0.5) is 0 Å². The van der Waals surface area contributed by atoms with Gasteiger partial charge in [0, 0.05) is 32.2 Å². The van der Waals surface area contributed by atoms with Crippen LogP contribution >= 0.6 is 11.3 Å². The maximum Gasteiger partial charge on any atom is 0.252 e. The molecule has 0 aromatic carbocycles. The Labute approximate surface area is 142 Å². The lowest BCUT2D eigenvalue weighted by Crippen LogP contribution is -2.51. The van der Waals surface area contributed by atoms with Crippen molar-refractivity contribution in [2.75, 3.05) is 32.7 Å². The first-order valence-corrected chi connectivity index (χ1v) is 10.3. The highest BCUT2D eigenvalue weighted by molar-refractivity contribution is 7.91. The first-order chi connectivity index (χ1) is 10.9. The molecule has 1 atom stereocenters. The lowest BCUT2D eigenvalue weighted by atomic mass is 10.2. The monoisotopic (exact) mass is 359 g/mol. The quantitative estimate of drug-likeness (QED) is 0.798. The molecule has 1 fully saturated rings. The molecule has 23 heavy (non-hydrogen) atoms. The van der Waals surface area contributed by atoms with Gasteiger partial charge < -0.3 is 5.32 Å². The number of piperazine rings is 1. The highest BCUT2D eigenvalue weighted by Crippen LogP contribution is 2.21. The summed E-state index contributed by atoms with van der Waals surface area (Å²) in [6.45, 7) is 6.46. The topological polar surface area (TPSA) is 69.7 Å². The maximum atomic E-state index is 12.4. The molecule has 6 nitrogen and oxygen atoms in total. The Kier molecular flexibility index (Phi) is 6.58. The number of amides is 1. The van der Waals surface area contributed by atoms with E-state index in [1.165, 1.54) is 15.6 Å². The SMILES string of the molecule is CCCC(C)NC(=O)CN1CCN(S(=O)(=O)c2cccs2)CC1. The van der Waals surface area contributed by atoms with E-state index < -0.39 is 10.0 Å². The average molecular weight is 360 g/mol. The third kappa shape index (κ3) is 5.00. The molecule has 1 aliphatic heterocycles. The fraction of sp³-hybridized carbons (Fsp3) is 0.667. The Hall–Kier alpha value is -0.960. The van der Waals surface area contributed by atoms with Gasteiger partial charge in [-0.05, 0) is 24.8 Å². The highest BCUT2D eigenvalue weighted by Gasteiger charge is 2.29. The number of hydrogen-bond donors (Lipinski definition) is 1. The average Bonchev–Trinajstić information content (AvgIpc) is 3.02. The van der Waals surface area contributed by atoms with Gasteiger partial charge in [0.25, 0.3) is 10.0 Å². The minimum absolute atomic E-state index is 0.0144. The third-order valence-corrected chi connectivity index (χ3v) is 7.19. The smallest absolute Gasteiger partial charge is 0.252 e. The number of thiophene rings is 1. The molecule has 1 aromatic rings. The first kappa shape index (κ1) is 18.4. The van der Waals surface area contributed by atoms with Crippen molar-refractivity contribution in [3.05, 3.63) is 17.5 Å². The van der Waals surface area contributed by atoms with Crippen molar-refractivity contribution in [3.8, 4) is 0 Å². The van der Waals surface area contributed by atoms with Crippen LogP contribution in [0.3, 0.4) is 0 Å². The van der Waals surface area contributed by atoms with Gasteiger partial charge in [-0.2, -0.15) is 4.31 Å². The molecule has 0 bridgehead atoms. The van der Waals surface area contributed by atoms with Crippen LogP contribution in [0.25, 0.3) is 0 Å². The summed E-state index contributed by atoms with van der Waals surface area (Å²) in [4.78, 5) is 14.0. The number of rotatable bonds is 7.